The normalized spacial score (nSPS) is 9.33. The van der Waals surface area contributed by atoms with E-state index >= 15 is 0 Å². The quantitative estimate of drug-likeness (QED) is 0.682. The Bertz CT molecular complexity index is 255. The molecule has 0 aliphatic heterocycles. The van der Waals surface area contributed by atoms with Crippen LogP contribution in [-0.2, 0) is 6.61 Å². The largest absolute Gasteiger partial charge is 0.392 e. The fourth-order valence-electron chi connectivity index (χ4n) is 0.881. The first-order valence-corrected chi connectivity index (χ1v) is 3.58. The summed E-state index contributed by atoms with van der Waals surface area (Å²) in [5.74, 6) is -0.447. The van der Waals surface area contributed by atoms with Crippen LogP contribution in [0.25, 0.3) is 0 Å². The summed E-state index contributed by atoms with van der Waals surface area (Å²) in [6, 6.07) is 2.97. The van der Waals surface area contributed by atoms with E-state index in [4.69, 9.17) is 16.7 Å². The SMILES string of the molecule is Cc1cc(F)c(CO)c(Cl)c1.[Na]. The van der Waals surface area contributed by atoms with Crippen LogP contribution in [-0.4, -0.2) is 34.7 Å². The van der Waals surface area contributed by atoms with E-state index in [1.165, 1.54) is 6.07 Å². The number of aliphatic hydroxyl groups is 1. The molecule has 1 aromatic carbocycles. The molecule has 1 aromatic rings. The molecule has 4 heteroatoms. The average Bonchev–Trinajstić information content (AvgIpc) is 1.85. The van der Waals surface area contributed by atoms with E-state index in [0.717, 1.165) is 5.56 Å². The zero-order chi connectivity index (χ0) is 8.43. The third-order valence-corrected chi connectivity index (χ3v) is 1.78. The number of benzene rings is 1. The van der Waals surface area contributed by atoms with E-state index in [1.807, 2.05) is 0 Å². The first-order chi connectivity index (χ1) is 5.15. The summed E-state index contributed by atoms with van der Waals surface area (Å²) in [5, 5.41) is 8.95. The van der Waals surface area contributed by atoms with Gasteiger partial charge in [0.2, 0.25) is 0 Å². The van der Waals surface area contributed by atoms with Crippen molar-refractivity contribution in [1.82, 2.24) is 0 Å². The molecule has 1 rings (SSSR count). The molecule has 12 heavy (non-hydrogen) atoms. The van der Waals surface area contributed by atoms with Gasteiger partial charge in [-0.05, 0) is 24.6 Å². The minimum absolute atomic E-state index is 0. The van der Waals surface area contributed by atoms with Gasteiger partial charge in [-0.3, -0.25) is 0 Å². The maximum Gasteiger partial charge on any atom is 0.130 e. The number of hydrogen-bond donors (Lipinski definition) is 1. The summed E-state index contributed by atoms with van der Waals surface area (Å²) in [6.07, 6.45) is 0. The van der Waals surface area contributed by atoms with Crippen LogP contribution in [0, 0.1) is 12.7 Å². The van der Waals surface area contributed by atoms with Gasteiger partial charge in [0.25, 0.3) is 0 Å². The van der Waals surface area contributed by atoms with Crippen molar-refractivity contribution in [2.75, 3.05) is 0 Å². The van der Waals surface area contributed by atoms with Crippen LogP contribution in [0.3, 0.4) is 0 Å². The predicted octanol–water partition coefficient (Wildman–Crippen LogP) is 1.90. The maximum atomic E-state index is 12.9. The summed E-state index contributed by atoms with van der Waals surface area (Å²) >= 11 is 5.63. The van der Waals surface area contributed by atoms with Crippen molar-refractivity contribution < 1.29 is 9.50 Å². The molecule has 0 aliphatic rings. The molecule has 61 valence electrons. The van der Waals surface area contributed by atoms with Crippen LogP contribution in [0.2, 0.25) is 5.02 Å². The van der Waals surface area contributed by atoms with Gasteiger partial charge in [-0.15, -0.1) is 0 Å². The maximum absolute atomic E-state index is 12.9. The Kier molecular flexibility index (Phi) is 5.37. The van der Waals surface area contributed by atoms with Gasteiger partial charge >= 0.3 is 0 Å². The minimum atomic E-state index is -0.447. The second kappa shape index (κ2) is 5.20. The molecule has 0 fully saturated rings. The molecule has 0 amide bonds. The molecular formula is C8H8ClFNaO. The van der Waals surface area contributed by atoms with Crippen LogP contribution in [0.1, 0.15) is 11.1 Å². The zero-order valence-electron chi connectivity index (χ0n) is 7.06. The Balaban J connectivity index is 0.00000121. The molecule has 0 saturated heterocycles. The van der Waals surface area contributed by atoms with Gasteiger partial charge in [0.15, 0.2) is 0 Å². The van der Waals surface area contributed by atoms with E-state index in [2.05, 4.69) is 0 Å². The predicted molar refractivity (Wildman–Crippen MR) is 47.8 cm³/mol. The fraction of sp³-hybridized carbons (Fsp3) is 0.250. The van der Waals surface area contributed by atoms with E-state index in [9.17, 15) is 4.39 Å². The molecular weight excluding hydrogens is 190 g/mol. The monoisotopic (exact) mass is 197 g/mol. The van der Waals surface area contributed by atoms with E-state index in [1.54, 1.807) is 13.0 Å². The second-order valence-corrected chi connectivity index (χ2v) is 2.77. The van der Waals surface area contributed by atoms with Crippen LogP contribution < -0.4 is 0 Å². The molecule has 0 unspecified atom stereocenters. The summed E-state index contributed by atoms with van der Waals surface area (Å²) in [5.41, 5.74) is 0.918. The van der Waals surface area contributed by atoms with E-state index < -0.39 is 5.82 Å². The molecule has 0 spiro atoms. The number of hydrogen-bond acceptors (Lipinski definition) is 1. The van der Waals surface area contributed by atoms with Crippen LogP contribution in [0.4, 0.5) is 4.39 Å². The van der Waals surface area contributed by atoms with Gasteiger partial charge in [-0.1, -0.05) is 11.6 Å². The Morgan fingerprint density at radius 2 is 2.08 bits per heavy atom. The van der Waals surface area contributed by atoms with Crippen molar-refractivity contribution >= 4 is 41.2 Å². The smallest absolute Gasteiger partial charge is 0.130 e. The number of aryl methyl sites for hydroxylation is 1. The van der Waals surface area contributed by atoms with E-state index in [0.29, 0.717) is 0 Å². The molecule has 0 aliphatic carbocycles. The third-order valence-electron chi connectivity index (χ3n) is 1.44. The van der Waals surface area contributed by atoms with Crippen molar-refractivity contribution in [2.24, 2.45) is 0 Å². The van der Waals surface area contributed by atoms with Crippen LogP contribution >= 0.6 is 11.6 Å². The minimum Gasteiger partial charge on any atom is -0.392 e. The molecule has 0 saturated carbocycles. The topological polar surface area (TPSA) is 20.2 Å². The van der Waals surface area contributed by atoms with Gasteiger partial charge in [0.05, 0.1) is 6.61 Å². The molecule has 0 aromatic heterocycles. The van der Waals surface area contributed by atoms with Crippen LogP contribution in [0.5, 0.6) is 0 Å². The molecule has 1 nitrogen and oxygen atoms in total. The molecule has 0 atom stereocenters. The van der Waals surface area contributed by atoms with Crippen LogP contribution in [0.15, 0.2) is 12.1 Å². The van der Waals surface area contributed by atoms with Crippen molar-refractivity contribution in [3.8, 4) is 0 Å². The van der Waals surface area contributed by atoms with Gasteiger partial charge in [0.1, 0.15) is 5.82 Å². The van der Waals surface area contributed by atoms with E-state index in [-0.39, 0.29) is 46.8 Å². The fourth-order valence-corrected chi connectivity index (χ4v) is 1.20. The van der Waals surface area contributed by atoms with Gasteiger partial charge in [-0.2, -0.15) is 0 Å². The standard InChI is InChI=1S/C8H8ClFO.Na/c1-5-2-7(9)6(4-11)8(10)3-5;/h2-3,11H,4H2,1H3;. The van der Waals surface area contributed by atoms with Crippen molar-refractivity contribution in [1.29, 1.82) is 0 Å². The Morgan fingerprint density at radius 1 is 1.50 bits per heavy atom. The summed E-state index contributed by atoms with van der Waals surface area (Å²) < 4.78 is 12.9. The number of halogens is 2. The Morgan fingerprint density at radius 3 is 2.50 bits per heavy atom. The Hall–Kier alpha value is 0.400. The summed E-state index contributed by atoms with van der Waals surface area (Å²) in [7, 11) is 0. The molecule has 1 N–H and O–H groups in total. The first-order valence-electron chi connectivity index (χ1n) is 3.20. The Labute approximate surface area is 97.8 Å². The first kappa shape index (κ1) is 12.4. The molecule has 1 radical (unpaired) electrons. The van der Waals surface area contributed by atoms with Crippen molar-refractivity contribution in [3.63, 3.8) is 0 Å². The summed E-state index contributed by atoms with van der Waals surface area (Å²) in [6.45, 7) is 1.39. The van der Waals surface area contributed by atoms with Gasteiger partial charge < -0.3 is 5.11 Å². The zero-order valence-corrected chi connectivity index (χ0v) is 9.82. The number of rotatable bonds is 1. The second-order valence-electron chi connectivity index (χ2n) is 2.37. The molecule has 0 heterocycles. The average molecular weight is 198 g/mol. The van der Waals surface area contributed by atoms with Crippen molar-refractivity contribution in [2.45, 2.75) is 13.5 Å². The van der Waals surface area contributed by atoms with Crippen molar-refractivity contribution in [3.05, 3.63) is 34.1 Å². The van der Waals surface area contributed by atoms with Gasteiger partial charge in [0, 0.05) is 40.1 Å². The number of aliphatic hydroxyl groups excluding tert-OH is 1. The summed E-state index contributed by atoms with van der Waals surface area (Å²) in [4.78, 5) is 0. The molecule has 0 bridgehead atoms. The van der Waals surface area contributed by atoms with Gasteiger partial charge in [-0.25, -0.2) is 4.39 Å². The third kappa shape index (κ3) is 2.71.